The van der Waals surface area contributed by atoms with Crippen molar-refractivity contribution in [1.82, 2.24) is 19.9 Å². The van der Waals surface area contributed by atoms with Crippen LogP contribution in [0.1, 0.15) is 29.6 Å². The summed E-state index contributed by atoms with van der Waals surface area (Å²) in [5.41, 5.74) is 1.87. The van der Waals surface area contributed by atoms with E-state index in [0.29, 0.717) is 52.1 Å². The second-order valence-electron chi connectivity index (χ2n) is 9.30. The molecule has 39 heavy (non-hydrogen) atoms. The number of hydrogen-bond acceptors (Lipinski definition) is 8. The fourth-order valence-corrected chi connectivity index (χ4v) is 4.76. The number of halogens is 1. The molecule has 0 unspecified atom stereocenters. The maximum absolute atomic E-state index is 12.5. The molecule has 2 aromatic carbocycles. The zero-order valence-electron chi connectivity index (χ0n) is 21.7. The van der Waals surface area contributed by atoms with Crippen LogP contribution in [0.5, 0.6) is 11.5 Å². The summed E-state index contributed by atoms with van der Waals surface area (Å²) in [7, 11) is 1.61. The number of benzene rings is 2. The number of nitrogens with one attached hydrogen (secondary N) is 2. The standard InChI is InChI=1S/C29H30ClN6O3/c1-19-6-4-11-36(19)12-5-13-39-26-16-24-23(15-25(26)38-2)28(33-18-32-24)34-22-9-10-27(31-17-22)35-29(37)20-7-3-8-21(30)14-20/h3,7-10,14-19H,1,4-6,11-13H2,2H3,(H,31,35,37)(H,32,33,34)/t19-/m0/s1. The van der Waals surface area contributed by atoms with Crippen LogP contribution in [0.25, 0.3) is 10.9 Å². The minimum absolute atomic E-state index is 0.291. The number of carbonyl (C=O) groups is 1. The highest BCUT2D eigenvalue weighted by Crippen LogP contribution is 2.35. The van der Waals surface area contributed by atoms with Gasteiger partial charge in [-0.2, -0.15) is 0 Å². The largest absolute Gasteiger partial charge is 0.493 e. The van der Waals surface area contributed by atoms with E-state index in [1.807, 2.05) is 12.1 Å². The third kappa shape index (κ3) is 6.55. The monoisotopic (exact) mass is 545 g/mol. The Hall–Kier alpha value is -3.95. The molecule has 1 aliphatic rings. The quantitative estimate of drug-likeness (QED) is 0.243. The van der Waals surface area contributed by atoms with E-state index in [1.54, 1.807) is 49.7 Å². The molecule has 2 aromatic heterocycles. The summed E-state index contributed by atoms with van der Waals surface area (Å²) in [6.45, 7) is 6.86. The van der Waals surface area contributed by atoms with Gasteiger partial charge in [0.2, 0.25) is 0 Å². The zero-order chi connectivity index (χ0) is 27.2. The Kier molecular flexibility index (Phi) is 8.39. The van der Waals surface area contributed by atoms with Gasteiger partial charge in [-0.1, -0.05) is 17.7 Å². The van der Waals surface area contributed by atoms with Gasteiger partial charge < -0.3 is 25.0 Å². The van der Waals surface area contributed by atoms with E-state index in [9.17, 15) is 4.79 Å². The van der Waals surface area contributed by atoms with E-state index >= 15 is 0 Å². The first-order valence-electron chi connectivity index (χ1n) is 12.8. The Morgan fingerprint density at radius 2 is 2.05 bits per heavy atom. The van der Waals surface area contributed by atoms with Crippen molar-refractivity contribution in [2.75, 3.05) is 37.4 Å². The van der Waals surface area contributed by atoms with E-state index in [-0.39, 0.29) is 5.91 Å². The van der Waals surface area contributed by atoms with Crippen LogP contribution in [0.3, 0.4) is 0 Å². The highest BCUT2D eigenvalue weighted by Gasteiger charge is 2.19. The number of likely N-dealkylation sites (tertiary alicyclic amines) is 1. The third-order valence-corrected chi connectivity index (χ3v) is 6.86. The minimum Gasteiger partial charge on any atom is -0.493 e. The Morgan fingerprint density at radius 3 is 2.79 bits per heavy atom. The van der Waals surface area contributed by atoms with Gasteiger partial charge in [-0.3, -0.25) is 4.79 Å². The molecule has 4 aromatic rings. The van der Waals surface area contributed by atoms with Crippen LogP contribution in [0.15, 0.2) is 61.1 Å². The number of hydrogen-bond donors (Lipinski definition) is 2. The molecule has 0 spiro atoms. The lowest BCUT2D eigenvalue weighted by Gasteiger charge is -2.20. The molecule has 2 N–H and O–H groups in total. The molecular weight excluding hydrogens is 516 g/mol. The number of nitrogens with zero attached hydrogens (tertiary/aromatic N) is 4. The molecule has 0 bridgehead atoms. The summed E-state index contributed by atoms with van der Waals surface area (Å²) in [4.78, 5) is 28.0. The normalized spacial score (nSPS) is 15.3. The molecule has 5 rings (SSSR count). The van der Waals surface area contributed by atoms with Gasteiger partial charge in [0.25, 0.3) is 5.91 Å². The number of ether oxygens (including phenoxy) is 2. The van der Waals surface area contributed by atoms with E-state index in [0.717, 1.165) is 36.8 Å². The highest BCUT2D eigenvalue weighted by molar-refractivity contribution is 6.31. The number of anilines is 3. The molecule has 201 valence electrons. The number of methoxy groups -OCH3 is 1. The number of aromatic nitrogens is 3. The predicted octanol–water partition coefficient (Wildman–Crippen LogP) is 5.75. The lowest BCUT2D eigenvalue weighted by molar-refractivity contribution is 0.102. The maximum atomic E-state index is 12.5. The van der Waals surface area contributed by atoms with Crippen molar-refractivity contribution in [3.8, 4) is 11.5 Å². The molecule has 3 heterocycles. The number of pyridine rings is 1. The van der Waals surface area contributed by atoms with Crippen molar-refractivity contribution >= 4 is 45.7 Å². The molecule has 1 fully saturated rings. The van der Waals surface area contributed by atoms with Gasteiger partial charge in [-0.15, -0.1) is 0 Å². The maximum Gasteiger partial charge on any atom is 0.256 e. The summed E-state index contributed by atoms with van der Waals surface area (Å²) in [6.07, 6.45) is 6.40. The molecule has 1 aliphatic heterocycles. The number of amides is 1. The summed E-state index contributed by atoms with van der Waals surface area (Å²) in [5, 5.41) is 7.31. The Balaban J connectivity index is 1.25. The van der Waals surface area contributed by atoms with Crippen LogP contribution in [0, 0.1) is 6.92 Å². The van der Waals surface area contributed by atoms with E-state index in [4.69, 9.17) is 21.1 Å². The van der Waals surface area contributed by atoms with Crippen molar-refractivity contribution < 1.29 is 14.3 Å². The molecule has 1 radical (unpaired) electrons. The third-order valence-electron chi connectivity index (χ3n) is 6.62. The second kappa shape index (κ2) is 12.3. The molecule has 0 aliphatic carbocycles. The van der Waals surface area contributed by atoms with Crippen molar-refractivity contribution in [3.05, 3.63) is 78.6 Å². The minimum atomic E-state index is -0.291. The van der Waals surface area contributed by atoms with Crippen LogP contribution in [0.4, 0.5) is 17.3 Å². The highest BCUT2D eigenvalue weighted by atomic mass is 35.5. The molecule has 1 atom stereocenters. The van der Waals surface area contributed by atoms with E-state index < -0.39 is 0 Å². The van der Waals surface area contributed by atoms with Crippen LogP contribution in [0.2, 0.25) is 5.02 Å². The molecule has 10 heteroatoms. The van der Waals surface area contributed by atoms with Crippen molar-refractivity contribution in [3.63, 3.8) is 0 Å². The van der Waals surface area contributed by atoms with Crippen LogP contribution < -0.4 is 20.1 Å². The average molecular weight is 546 g/mol. The van der Waals surface area contributed by atoms with Gasteiger partial charge in [0.05, 0.1) is 31.1 Å². The Bertz CT molecular complexity index is 1450. The molecular formula is C29H30ClN6O3. The lowest BCUT2D eigenvalue weighted by Crippen LogP contribution is -2.29. The predicted molar refractivity (Wildman–Crippen MR) is 153 cm³/mol. The first kappa shape index (κ1) is 26.6. The summed E-state index contributed by atoms with van der Waals surface area (Å²) < 4.78 is 11.7. The smallest absolute Gasteiger partial charge is 0.256 e. The van der Waals surface area contributed by atoms with E-state index in [2.05, 4.69) is 37.4 Å². The van der Waals surface area contributed by atoms with Crippen LogP contribution in [-0.4, -0.2) is 58.6 Å². The zero-order valence-corrected chi connectivity index (χ0v) is 22.4. The number of fused-ring (bicyclic) bond motifs is 1. The Morgan fingerprint density at radius 1 is 1.15 bits per heavy atom. The second-order valence-corrected chi connectivity index (χ2v) is 9.73. The van der Waals surface area contributed by atoms with Crippen molar-refractivity contribution in [1.29, 1.82) is 0 Å². The topological polar surface area (TPSA) is 102 Å². The molecule has 1 amide bonds. The average Bonchev–Trinajstić information content (AvgIpc) is 3.36. The van der Waals surface area contributed by atoms with Crippen molar-refractivity contribution in [2.24, 2.45) is 0 Å². The Labute approximate surface area is 232 Å². The van der Waals surface area contributed by atoms with Gasteiger partial charge in [-0.05, 0) is 69.1 Å². The fraction of sp³-hybridized carbons (Fsp3) is 0.276. The molecule has 9 nitrogen and oxygen atoms in total. The van der Waals surface area contributed by atoms with Gasteiger partial charge in [-0.25, -0.2) is 15.0 Å². The SMILES string of the molecule is [CH2][C@H]1CCCN1CCCOc1cc2ncnc(Nc3ccc(NC(=O)c4cccc(Cl)c4)nc3)c2cc1OC. The van der Waals surface area contributed by atoms with Crippen LogP contribution >= 0.6 is 11.6 Å². The summed E-state index contributed by atoms with van der Waals surface area (Å²) in [6, 6.07) is 14.4. The molecule has 1 saturated heterocycles. The van der Waals surface area contributed by atoms with Crippen LogP contribution in [-0.2, 0) is 0 Å². The van der Waals surface area contributed by atoms with Gasteiger partial charge in [0, 0.05) is 34.6 Å². The van der Waals surface area contributed by atoms with E-state index in [1.165, 1.54) is 12.7 Å². The van der Waals surface area contributed by atoms with Gasteiger partial charge >= 0.3 is 0 Å². The molecule has 0 saturated carbocycles. The number of rotatable bonds is 10. The lowest BCUT2D eigenvalue weighted by atomic mass is 10.2. The summed E-state index contributed by atoms with van der Waals surface area (Å²) >= 11 is 5.98. The van der Waals surface area contributed by atoms with Crippen molar-refractivity contribution in [2.45, 2.75) is 25.3 Å². The number of carbonyl (C=O) groups excluding carboxylic acids is 1. The summed E-state index contributed by atoms with van der Waals surface area (Å²) in [5.74, 6) is 1.97. The first-order chi connectivity index (χ1) is 19.0. The van der Waals surface area contributed by atoms with Gasteiger partial charge in [0.1, 0.15) is 18.0 Å². The fourth-order valence-electron chi connectivity index (χ4n) is 4.57. The van der Waals surface area contributed by atoms with Gasteiger partial charge in [0.15, 0.2) is 11.5 Å². The first-order valence-corrected chi connectivity index (χ1v) is 13.2.